The van der Waals surface area contributed by atoms with Crippen molar-refractivity contribution in [2.24, 2.45) is 23.7 Å². The molecule has 12 aromatic heterocycles. The fourth-order valence-electron chi connectivity index (χ4n) is 19.2. The number of anilines is 4. The summed E-state index contributed by atoms with van der Waals surface area (Å²) in [6.07, 6.45) is 41.1. The van der Waals surface area contributed by atoms with Gasteiger partial charge in [-0.2, -0.15) is 41.4 Å². The van der Waals surface area contributed by atoms with Crippen molar-refractivity contribution in [2.75, 3.05) is 93.2 Å². The van der Waals surface area contributed by atoms with Crippen LogP contribution in [0.1, 0.15) is 192 Å². The largest absolute Gasteiger partial charge is 0.466 e. The topological polar surface area (TPSA) is 509 Å². The zero-order valence-electron chi connectivity index (χ0n) is 72.8. The summed E-state index contributed by atoms with van der Waals surface area (Å²) in [5, 5.41) is 69.9. The maximum absolute atomic E-state index is 12.7. The number of H-pyrrole nitrogens is 4. The number of carbonyl (C=O) groups excluding carboxylic acids is 6. The van der Waals surface area contributed by atoms with E-state index in [-0.39, 0.29) is 92.5 Å². The number of nitriles is 4. The fourth-order valence-corrected chi connectivity index (χ4v) is 19.2. The van der Waals surface area contributed by atoms with Gasteiger partial charge in [0.1, 0.15) is 47.9 Å². The molecule has 0 radical (unpaired) electrons. The molecule has 0 spiro atoms. The van der Waals surface area contributed by atoms with Crippen LogP contribution in [0.2, 0.25) is 0 Å². The first-order valence-corrected chi connectivity index (χ1v) is 45.2. The van der Waals surface area contributed by atoms with Gasteiger partial charge in [-0.15, -0.1) is 0 Å². The van der Waals surface area contributed by atoms with Crippen LogP contribution >= 0.6 is 0 Å². The number of rotatable bonds is 29. The molecule has 4 aliphatic carbocycles. The van der Waals surface area contributed by atoms with Gasteiger partial charge in [0.15, 0.2) is 23.3 Å². The molecular formula is C91H106N30O9. The third-order valence-electron chi connectivity index (χ3n) is 25.8. The Morgan fingerprint density at radius 1 is 0.446 bits per heavy atom. The van der Waals surface area contributed by atoms with Crippen molar-refractivity contribution in [3.63, 3.8) is 0 Å². The predicted octanol–water partition coefficient (Wildman–Crippen LogP) is 12.7. The van der Waals surface area contributed by atoms with Crippen molar-refractivity contribution in [2.45, 2.75) is 192 Å². The molecule has 4 saturated carbocycles. The van der Waals surface area contributed by atoms with Gasteiger partial charge in [0, 0.05) is 130 Å². The Hall–Kier alpha value is -14.2. The van der Waals surface area contributed by atoms with Crippen molar-refractivity contribution in [1.29, 1.82) is 21.0 Å². The Morgan fingerprint density at radius 2 is 0.792 bits per heavy atom. The molecule has 15 heterocycles. The number of morpholine rings is 2. The van der Waals surface area contributed by atoms with E-state index in [0.29, 0.717) is 172 Å². The van der Waals surface area contributed by atoms with Gasteiger partial charge in [-0.05, 0) is 106 Å². The lowest BCUT2D eigenvalue weighted by Gasteiger charge is -2.26. The number of fused-ring (bicyclic) bond motifs is 4. The minimum absolute atomic E-state index is 0.00491. The Morgan fingerprint density at radius 3 is 1.18 bits per heavy atom. The van der Waals surface area contributed by atoms with Crippen LogP contribution in [0.15, 0.2) is 99.1 Å². The van der Waals surface area contributed by atoms with Gasteiger partial charge in [0.25, 0.3) is 0 Å². The van der Waals surface area contributed by atoms with E-state index in [1.807, 2.05) is 75.7 Å². The van der Waals surface area contributed by atoms with Crippen LogP contribution in [0.4, 0.5) is 23.3 Å². The number of imide groups is 1. The normalized spacial score (nSPS) is 17.2. The van der Waals surface area contributed by atoms with Crippen LogP contribution in [0, 0.1) is 69.0 Å². The van der Waals surface area contributed by atoms with Gasteiger partial charge in [0.2, 0.25) is 29.5 Å². The van der Waals surface area contributed by atoms with Crippen LogP contribution in [0.5, 0.6) is 0 Å². The minimum Gasteiger partial charge on any atom is -0.466 e. The molecule has 12 aromatic rings. The third-order valence-corrected chi connectivity index (χ3v) is 25.8. The average Bonchev–Trinajstić information content (AvgIpc) is 1.64. The van der Waals surface area contributed by atoms with E-state index in [1.54, 1.807) is 39.9 Å². The lowest BCUT2D eigenvalue weighted by atomic mass is 9.96. The monoisotopic (exact) mass is 1760 g/mol. The van der Waals surface area contributed by atoms with Crippen LogP contribution in [-0.4, -0.2) is 217 Å². The maximum atomic E-state index is 12.7. The van der Waals surface area contributed by atoms with Gasteiger partial charge in [-0.3, -0.25) is 47.5 Å². The van der Waals surface area contributed by atoms with E-state index in [4.69, 9.17) is 34.6 Å². The lowest BCUT2D eigenvalue weighted by molar-refractivity contribution is -0.144. The average molecular weight is 1760 g/mol. The van der Waals surface area contributed by atoms with E-state index in [9.17, 15) is 49.8 Å². The highest BCUT2D eigenvalue weighted by Crippen LogP contribution is 2.45. The van der Waals surface area contributed by atoms with Gasteiger partial charge in [-0.25, -0.2) is 44.8 Å². The molecule has 4 atom stereocenters. The second kappa shape index (κ2) is 42.6. The molecule has 0 bridgehead atoms. The van der Waals surface area contributed by atoms with E-state index in [0.717, 1.165) is 132 Å². The third kappa shape index (κ3) is 20.5. The second-order valence-corrected chi connectivity index (χ2v) is 33.7. The second-order valence-electron chi connectivity index (χ2n) is 33.7. The first kappa shape index (κ1) is 89.2. The standard InChI is InChI=1S/C24H30N8O2.C23H28N8O2.C23H27N7O3.C21H21N7O2/c25-8-5-20(17-3-1-2-4-17)32-15-19(22-18-6-9-26-23(18)29-16-28-22)24(30-32)27-10-7-21(33)31-11-13-34-14-12-31;24-7-5-19(16-3-1-2-4-16)31-14-18(21-17-6-8-25-22(17)28-15-27-21)23(29-31)26-13-20(32)30-9-11-33-12-10-30;1-2-33-20(32)8-7-19(31)28-23-17(21-16-10-12-25-22(16)27-14-26-21)13-30(29-23)18(9-11-24)15-5-3-4-6-15;22-9-7-16(13-3-1-2-4-13)27-11-15(19-14-8-10-23-20(14)25-12-24-19)21(26-27)28-17(29)5-6-18(28)30/h6,9,15-17,20H,1-5,7,10-14H2,(H,27,30)(H,26,28,29);6,8,14-16,19H,1-5,9-13H2,(H,26,29)(H,25,27,28);10,12-15,18H,2-9H2,1H3,(H,25,26,27)(H,28,29,31);8,10-13,16H,1-7H2,(H,23,24,25). The molecule has 674 valence electrons. The van der Waals surface area contributed by atoms with Crippen LogP contribution in [-0.2, 0) is 43.0 Å². The van der Waals surface area contributed by atoms with Gasteiger partial charge in [0.05, 0.1) is 165 Å². The molecule has 7 aliphatic rings. The predicted molar refractivity (Wildman–Crippen MR) is 478 cm³/mol. The molecular weight excluding hydrogens is 1660 g/mol. The molecule has 39 nitrogen and oxygen atoms in total. The molecule has 3 aliphatic heterocycles. The highest BCUT2D eigenvalue weighted by molar-refractivity contribution is 6.21. The maximum Gasteiger partial charge on any atom is 0.306 e. The van der Waals surface area contributed by atoms with Gasteiger partial charge in [-0.1, -0.05) is 51.4 Å². The van der Waals surface area contributed by atoms with E-state index >= 15 is 0 Å². The highest BCUT2D eigenvalue weighted by atomic mass is 16.5. The molecule has 39 heteroatoms. The molecule has 7 N–H and O–H groups in total. The number of aromatic amines is 4. The number of ether oxygens (including phenoxy) is 3. The Kier molecular flexibility index (Phi) is 29.3. The summed E-state index contributed by atoms with van der Waals surface area (Å²) >= 11 is 0. The summed E-state index contributed by atoms with van der Waals surface area (Å²) in [6.45, 7) is 7.40. The first-order valence-electron chi connectivity index (χ1n) is 45.2. The number of nitrogens with zero attached hydrogens (tertiary/aromatic N) is 23. The fraction of sp³-hybridized carbons (Fsp3) is 0.495. The van der Waals surface area contributed by atoms with Crippen molar-refractivity contribution in [3.05, 3.63) is 99.1 Å². The zero-order valence-corrected chi connectivity index (χ0v) is 72.8. The number of aromatic nitrogens is 20. The van der Waals surface area contributed by atoms with Crippen molar-refractivity contribution in [3.8, 4) is 69.3 Å². The van der Waals surface area contributed by atoms with E-state index < -0.39 is 5.97 Å². The summed E-state index contributed by atoms with van der Waals surface area (Å²) in [4.78, 5) is 127. The Balaban J connectivity index is 0.000000127. The van der Waals surface area contributed by atoms with Gasteiger partial charge < -0.3 is 59.9 Å². The molecule has 4 unspecified atom stereocenters. The van der Waals surface area contributed by atoms with Crippen molar-refractivity contribution < 1.29 is 43.0 Å². The number of amides is 5. The summed E-state index contributed by atoms with van der Waals surface area (Å²) < 4.78 is 23.0. The smallest absolute Gasteiger partial charge is 0.306 e. The Bertz CT molecular complexity index is 6110. The lowest BCUT2D eigenvalue weighted by Crippen LogP contribution is -2.43. The van der Waals surface area contributed by atoms with E-state index in [1.165, 1.54) is 49.6 Å². The minimum atomic E-state index is -0.418. The first-order chi connectivity index (χ1) is 63.8. The number of carbonyl (C=O) groups is 6. The zero-order chi connectivity index (χ0) is 89.8. The number of hydrogen-bond acceptors (Lipinski definition) is 27. The Labute approximate surface area is 748 Å². The molecule has 7 fully saturated rings. The summed E-state index contributed by atoms with van der Waals surface area (Å²) in [5.41, 5.74) is 8.52. The molecule has 130 heavy (non-hydrogen) atoms. The molecule has 0 aromatic carbocycles. The number of nitrogens with one attached hydrogen (secondary N) is 7. The molecule has 5 amide bonds. The molecule has 19 rings (SSSR count). The summed E-state index contributed by atoms with van der Waals surface area (Å²) in [6, 6.07) is 16.8. The summed E-state index contributed by atoms with van der Waals surface area (Å²) in [5.74, 6) is 2.36. The van der Waals surface area contributed by atoms with Gasteiger partial charge >= 0.3 is 5.97 Å². The van der Waals surface area contributed by atoms with Crippen molar-refractivity contribution in [1.82, 2.24) is 109 Å². The van der Waals surface area contributed by atoms with Crippen LogP contribution < -0.4 is 20.9 Å². The number of esters is 1. The van der Waals surface area contributed by atoms with Crippen LogP contribution in [0.25, 0.3) is 89.2 Å². The molecule has 3 saturated heterocycles. The van der Waals surface area contributed by atoms with Crippen molar-refractivity contribution >= 4 is 103 Å². The SMILES string of the molecule is CCOC(=O)CCC(=O)Nc1nn(C(CC#N)C2CCCC2)cc1-c1ncnc2[nH]ccc12.N#CCC(C1CCCC1)n1cc(-c2ncnc3[nH]ccc23)c(N2C(=O)CCC2=O)n1.N#CCC(C1CCCC1)n1cc(-c2ncnc3[nH]ccc23)c(NCC(=O)N2CCOCC2)n1.N#CCC(C1CCCC1)n1cc(-c2ncnc3[nH]ccc23)c(NCCC(=O)N2CCOCC2)n1. The van der Waals surface area contributed by atoms with E-state index in [2.05, 4.69) is 100 Å². The summed E-state index contributed by atoms with van der Waals surface area (Å²) in [7, 11) is 0. The highest BCUT2D eigenvalue weighted by Gasteiger charge is 2.39. The number of hydrogen-bond donors (Lipinski definition) is 7. The quantitative estimate of drug-likeness (QED) is 0.0169. The van der Waals surface area contributed by atoms with Crippen LogP contribution in [0.3, 0.4) is 0 Å².